The smallest absolute Gasteiger partial charge is 0.310 e. The lowest BCUT2D eigenvalue weighted by Gasteiger charge is -2.50. The third kappa shape index (κ3) is 7.32. The lowest BCUT2D eigenvalue weighted by atomic mass is 9.52. The van der Waals surface area contributed by atoms with Crippen LogP contribution < -0.4 is 9.47 Å². The fourth-order valence-electron chi connectivity index (χ4n) is 11.8. The fourth-order valence-corrected chi connectivity index (χ4v) is 11.8. The Morgan fingerprint density at radius 3 is 1.41 bits per heavy atom. The summed E-state index contributed by atoms with van der Waals surface area (Å²) in [6.45, 7) is 22.5. The summed E-state index contributed by atoms with van der Waals surface area (Å²) in [6, 6.07) is 10.1. The standard InChI is InChI=1S/C46H62N2O8/c1-9-15-47-21-25(3)31-19-37(27(5)33(31)23-47)55-45(51)43-41(29-11-13-35(49)39(17-29)53-7)44(42(43)30-12-14-36(50)40(18-30)54-8)46(52)56-38-20-32-26(4)22-48(16-10-2)24-34(32)28(38)6/h9-14,17-18,25-28,31-34,37-38,41-44,49-50H,1-2,15-16,19-24H2,3-8H3/t25-,26-,27-,28-,31-,32-,33-,34-,37+,38+,41?,42?,43?,44?/m0/s1. The van der Waals surface area contributed by atoms with Crippen LogP contribution in [-0.4, -0.2) is 97.6 Å². The van der Waals surface area contributed by atoms with Crippen LogP contribution in [0.1, 0.15) is 63.5 Å². The van der Waals surface area contributed by atoms with Gasteiger partial charge in [0.2, 0.25) is 0 Å². The number of hydrogen-bond acceptors (Lipinski definition) is 10. The first kappa shape index (κ1) is 40.2. The van der Waals surface area contributed by atoms with Gasteiger partial charge in [0.15, 0.2) is 23.0 Å². The normalized spacial score (nSPS) is 36.8. The van der Waals surface area contributed by atoms with Gasteiger partial charge in [0.1, 0.15) is 12.2 Å². The van der Waals surface area contributed by atoms with Crippen LogP contribution in [0.5, 0.6) is 23.0 Å². The van der Waals surface area contributed by atoms with Crippen molar-refractivity contribution in [2.75, 3.05) is 53.5 Å². The van der Waals surface area contributed by atoms with Gasteiger partial charge in [-0.1, -0.05) is 52.0 Å². The van der Waals surface area contributed by atoms with E-state index >= 15 is 0 Å². The van der Waals surface area contributed by atoms with Gasteiger partial charge in [-0.3, -0.25) is 19.4 Å². The number of phenols is 2. The van der Waals surface area contributed by atoms with E-state index in [1.807, 2.05) is 12.2 Å². The number of benzene rings is 2. The summed E-state index contributed by atoms with van der Waals surface area (Å²) >= 11 is 0. The Bertz CT molecular complexity index is 1650. The summed E-state index contributed by atoms with van der Waals surface area (Å²) in [7, 11) is 2.97. The van der Waals surface area contributed by atoms with Gasteiger partial charge in [-0.25, -0.2) is 0 Å². The van der Waals surface area contributed by atoms with E-state index in [0.717, 1.165) is 52.1 Å². The molecule has 2 aromatic carbocycles. The Morgan fingerprint density at radius 1 is 0.661 bits per heavy atom. The highest BCUT2D eigenvalue weighted by molar-refractivity contribution is 5.86. The van der Waals surface area contributed by atoms with E-state index in [0.29, 0.717) is 46.6 Å². The van der Waals surface area contributed by atoms with Gasteiger partial charge in [0.25, 0.3) is 0 Å². The summed E-state index contributed by atoms with van der Waals surface area (Å²) < 4.78 is 24.3. The van der Waals surface area contributed by atoms with Crippen LogP contribution in [0.15, 0.2) is 61.7 Å². The first-order chi connectivity index (χ1) is 26.9. The van der Waals surface area contributed by atoms with Crippen molar-refractivity contribution in [1.29, 1.82) is 0 Å². The highest BCUT2D eigenvalue weighted by Gasteiger charge is 2.61. The van der Waals surface area contributed by atoms with E-state index in [9.17, 15) is 19.8 Å². The van der Waals surface area contributed by atoms with Gasteiger partial charge >= 0.3 is 11.9 Å². The van der Waals surface area contributed by atoms with Crippen molar-refractivity contribution in [2.45, 2.75) is 64.6 Å². The number of rotatable bonds is 12. The second-order valence-electron chi connectivity index (χ2n) is 17.7. The number of carbonyl (C=O) groups is 2. The van der Waals surface area contributed by atoms with Crippen LogP contribution in [0.25, 0.3) is 0 Å². The predicted molar refractivity (Wildman–Crippen MR) is 215 cm³/mol. The van der Waals surface area contributed by atoms with E-state index in [-0.39, 0.29) is 59.0 Å². The lowest BCUT2D eigenvalue weighted by Crippen LogP contribution is -2.53. The van der Waals surface area contributed by atoms with Gasteiger partial charge in [-0.15, -0.1) is 13.2 Å². The Kier molecular flexibility index (Phi) is 11.8. The molecule has 0 bridgehead atoms. The summed E-state index contributed by atoms with van der Waals surface area (Å²) in [6.07, 6.45) is 5.00. The monoisotopic (exact) mass is 770 g/mol. The SMILES string of the molecule is C=CCN1C[C@H]2[C@H](C)[C@H](OC(=O)C3C(c4ccc(O)c(OC)c4)C(C(=O)O[C@@H]4C[C@@H]5[C@@H](CN(CC=C)C[C@@H]5C)[C@@H]4C)C3c3ccc(O)c(OC)c3)C[C@H]2[C@@H](C)C1. The molecular formula is C46H62N2O8. The number of piperidine rings is 2. The number of methoxy groups -OCH3 is 2. The zero-order valence-electron chi connectivity index (χ0n) is 34.0. The molecule has 2 saturated heterocycles. The average Bonchev–Trinajstić information content (AvgIpc) is 3.64. The summed E-state index contributed by atoms with van der Waals surface area (Å²) in [5.41, 5.74) is 1.38. The van der Waals surface area contributed by atoms with Crippen molar-refractivity contribution < 1.29 is 38.7 Å². The molecule has 2 heterocycles. The molecule has 10 atom stereocenters. The average molecular weight is 771 g/mol. The van der Waals surface area contributed by atoms with Crippen LogP contribution in [0.3, 0.4) is 0 Å². The molecule has 10 nitrogen and oxygen atoms in total. The van der Waals surface area contributed by atoms with E-state index in [1.54, 1.807) is 36.4 Å². The van der Waals surface area contributed by atoms with E-state index in [1.165, 1.54) is 14.2 Å². The summed E-state index contributed by atoms with van der Waals surface area (Å²) in [5, 5.41) is 21.2. The molecule has 3 saturated carbocycles. The van der Waals surface area contributed by atoms with Gasteiger partial charge in [0.05, 0.1) is 26.1 Å². The van der Waals surface area contributed by atoms with Crippen LogP contribution in [0.4, 0.5) is 0 Å². The van der Waals surface area contributed by atoms with E-state index in [4.69, 9.17) is 18.9 Å². The van der Waals surface area contributed by atoms with Crippen molar-refractivity contribution in [3.05, 3.63) is 72.8 Å². The van der Waals surface area contributed by atoms with Gasteiger partial charge in [-0.2, -0.15) is 0 Å². The molecule has 0 spiro atoms. The topological polar surface area (TPSA) is 118 Å². The minimum atomic E-state index is -0.753. The molecule has 56 heavy (non-hydrogen) atoms. The number of likely N-dealkylation sites (tertiary alicyclic amines) is 2. The maximum Gasteiger partial charge on any atom is 0.310 e. The molecule has 0 amide bonds. The van der Waals surface area contributed by atoms with Gasteiger partial charge in [-0.05, 0) is 95.6 Å². The molecule has 10 heteroatoms. The quantitative estimate of drug-likeness (QED) is 0.175. The minimum Gasteiger partial charge on any atom is -0.504 e. The molecule has 0 aromatic heterocycles. The number of phenolic OH excluding ortho intramolecular Hbond substituents is 2. The Hall–Kier alpha value is -4.02. The summed E-state index contributed by atoms with van der Waals surface area (Å²) in [5.74, 6) is -0.0300. The van der Waals surface area contributed by atoms with Gasteiger partial charge < -0.3 is 29.2 Å². The number of fused-ring (bicyclic) bond motifs is 2. The zero-order valence-corrected chi connectivity index (χ0v) is 34.0. The molecule has 2 N–H and O–H groups in total. The fraction of sp³-hybridized carbons (Fsp3) is 0.609. The van der Waals surface area contributed by atoms with Crippen LogP contribution in [-0.2, 0) is 19.1 Å². The highest BCUT2D eigenvalue weighted by Crippen LogP contribution is 2.61. The number of ether oxygens (including phenoxy) is 4. The molecule has 5 fully saturated rings. The number of nitrogens with zero attached hydrogens (tertiary/aromatic N) is 2. The van der Waals surface area contributed by atoms with Crippen molar-refractivity contribution in [2.24, 2.45) is 59.2 Å². The third-order valence-corrected chi connectivity index (χ3v) is 14.7. The van der Waals surface area contributed by atoms with Crippen molar-refractivity contribution in [3.8, 4) is 23.0 Å². The predicted octanol–water partition coefficient (Wildman–Crippen LogP) is 6.87. The number of aromatic hydroxyl groups is 2. The second-order valence-corrected chi connectivity index (χ2v) is 17.7. The third-order valence-electron chi connectivity index (χ3n) is 14.7. The molecule has 0 unspecified atom stereocenters. The Balaban J connectivity index is 1.22. The molecule has 304 valence electrons. The van der Waals surface area contributed by atoms with Crippen molar-refractivity contribution in [3.63, 3.8) is 0 Å². The first-order valence-corrected chi connectivity index (χ1v) is 20.7. The molecule has 2 aliphatic heterocycles. The molecule has 0 radical (unpaired) electrons. The van der Waals surface area contributed by atoms with Crippen molar-refractivity contribution in [1.82, 2.24) is 9.80 Å². The maximum atomic E-state index is 14.9. The molecule has 7 rings (SSSR count). The first-order valence-electron chi connectivity index (χ1n) is 20.7. The molecular weight excluding hydrogens is 709 g/mol. The lowest BCUT2D eigenvalue weighted by molar-refractivity contribution is -0.175. The second kappa shape index (κ2) is 16.5. The Morgan fingerprint density at radius 2 is 1.05 bits per heavy atom. The molecule has 2 aromatic rings. The summed E-state index contributed by atoms with van der Waals surface area (Å²) in [4.78, 5) is 34.6. The number of hydrogen-bond donors (Lipinski definition) is 2. The minimum absolute atomic E-state index is 0.0299. The zero-order chi connectivity index (χ0) is 40.0. The number of esters is 2. The number of carbonyl (C=O) groups excluding carboxylic acids is 2. The van der Waals surface area contributed by atoms with E-state index in [2.05, 4.69) is 50.7 Å². The largest absolute Gasteiger partial charge is 0.504 e. The maximum absolute atomic E-state index is 14.9. The Labute approximate surface area is 332 Å². The van der Waals surface area contributed by atoms with Crippen LogP contribution in [0, 0.1) is 59.2 Å². The van der Waals surface area contributed by atoms with Crippen LogP contribution in [0.2, 0.25) is 0 Å². The highest BCUT2D eigenvalue weighted by atomic mass is 16.6. The molecule has 3 aliphatic carbocycles. The van der Waals surface area contributed by atoms with E-state index < -0.39 is 23.7 Å². The van der Waals surface area contributed by atoms with Crippen LogP contribution >= 0.6 is 0 Å². The van der Waals surface area contributed by atoms with Crippen molar-refractivity contribution >= 4 is 11.9 Å². The molecule has 5 aliphatic rings. The van der Waals surface area contributed by atoms with Gasteiger partial charge in [0, 0.05) is 51.1 Å².